The summed E-state index contributed by atoms with van der Waals surface area (Å²) >= 11 is 0. The van der Waals surface area contributed by atoms with Crippen molar-refractivity contribution in [1.82, 2.24) is 0 Å². The highest BCUT2D eigenvalue weighted by Crippen LogP contribution is 2.56. The van der Waals surface area contributed by atoms with E-state index in [0.717, 1.165) is 36.5 Å². The largest absolute Gasteiger partial charge is 0.497 e. The van der Waals surface area contributed by atoms with E-state index >= 15 is 0 Å². The lowest BCUT2D eigenvalue weighted by Crippen LogP contribution is -2.54. The van der Waals surface area contributed by atoms with E-state index in [-0.39, 0.29) is 11.4 Å². The maximum atomic E-state index is 13.1. The fraction of sp³-hybridized carbons (Fsp3) is 0.500. The molecule has 0 atom stereocenters. The first kappa shape index (κ1) is 32.9. The van der Waals surface area contributed by atoms with E-state index in [4.69, 9.17) is 14.2 Å². The minimum atomic E-state index is -5.99. The van der Waals surface area contributed by atoms with Gasteiger partial charge in [-0.2, -0.15) is 26.3 Å². The molecule has 6 nitrogen and oxygen atoms in total. The van der Waals surface area contributed by atoms with Gasteiger partial charge in [0, 0.05) is 24.7 Å². The van der Waals surface area contributed by atoms with Crippen LogP contribution in [0.15, 0.2) is 30.3 Å². The fourth-order valence-corrected chi connectivity index (χ4v) is 3.42. The number of hydrogen-bond donors (Lipinski definition) is 1. The average Bonchev–Trinajstić information content (AvgIpc) is 3.37. The van der Waals surface area contributed by atoms with Crippen LogP contribution in [0, 0.1) is 6.92 Å². The Bertz CT molecular complexity index is 1040. The summed E-state index contributed by atoms with van der Waals surface area (Å²) in [4.78, 5) is 12.1. The van der Waals surface area contributed by atoms with Crippen molar-refractivity contribution in [3.63, 3.8) is 0 Å². The molecule has 0 aromatic heterocycles. The number of rotatable bonds is 7. The molecule has 0 saturated heterocycles. The van der Waals surface area contributed by atoms with E-state index in [9.17, 15) is 36.2 Å². The van der Waals surface area contributed by atoms with Crippen LogP contribution in [0.4, 0.5) is 32.0 Å². The molecule has 0 radical (unpaired) electrons. The van der Waals surface area contributed by atoms with Crippen molar-refractivity contribution in [2.24, 2.45) is 0 Å². The highest BCUT2D eigenvalue weighted by molar-refractivity contribution is 5.77. The number of ether oxygens (including phenoxy) is 3. The summed E-state index contributed by atoms with van der Waals surface area (Å²) in [5.74, 6) is -0.279. The Morgan fingerprint density at radius 2 is 1.61 bits per heavy atom. The lowest BCUT2D eigenvalue weighted by molar-refractivity contribution is -0.376. The first-order valence-corrected chi connectivity index (χ1v) is 11.8. The first-order valence-electron chi connectivity index (χ1n) is 11.8. The number of fused-ring (bicyclic) bond motifs is 1. The van der Waals surface area contributed by atoms with Crippen LogP contribution in [0.1, 0.15) is 55.1 Å². The monoisotopic (exact) mass is 553 g/mol. The fourth-order valence-electron chi connectivity index (χ4n) is 3.42. The van der Waals surface area contributed by atoms with E-state index in [0.29, 0.717) is 18.2 Å². The number of aldehydes is 1. The summed E-state index contributed by atoms with van der Waals surface area (Å²) in [5, 5.41) is 9.59. The zero-order valence-corrected chi connectivity index (χ0v) is 22.1. The van der Waals surface area contributed by atoms with Crippen LogP contribution >= 0.6 is 0 Å². The summed E-state index contributed by atoms with van der Waals surface area (Å²) < 4.78 is 93.5. The van der Waals surface area contributed by atoms with E-state index in [2.05, 4.69) is 0 Å². The molecule has 214 valence electrons. The molecule has 0 spiro atoms. The number of unbranched alkanes of at least 4 members (excludes halogenated alkanes) is 1. The van der Waals surface area contributed by atoms with Crippen molar-refractivity contribution in [1.29, 1.82) is 0 Å². The molecule has 1 aliphatic rings. The van der Waals surface area contributed by atoms with Crippen molar-refractivity contribution in [2.75, 3.05) is 32.4 Å². The highest BCUT2D eigenvalue weighted by atomic mass is 19.4. The number of benzene rings is 2. The van der Waals surface area contributed by atoms with Gasteiger partial charge < -0.3 is 24.2 Å². The van der Waals surface area contributed by atoms with Crippen LogP contribution in [0.2, 0.25) is 0 Å². The van der Waals surface area contributed by atoms with Gasteiger partial charge in [0.05, 0.1) is 12.8 Å². The summed E-state index contributed by atoms with van der Waals surface area (Å²) in [5.41, 5.74) is -4.55. The number of carbonyl (C=O) groups excluding carboxylic acids is 1. The summed E-state index contributed by atoms with van der Waals surface area (Å²) in [6.07, 6.45) is -9.52. The third-order valence-corrected chi connectivity index (χ3v) is 5.58. The predicted molar refractivity (Wildman–Crippen MR) is 131 cm³/mol. The van der Waals surface area contributed by atoms with E-state index in [1.165, 1.54) is 0 Å². The molecule has 2 aromatic rings. The molecule has 0 amide bonds. The smallest absolute Gasteiger partial charge is 0.430 e. The molecule has 1 heterocycles. The second kappa shape index (κ2) is 13.6. The van der Waals surface area contributed by atoms with Gasteiger partial charge in [0.1, 0.15) is 12.0 Å². The molecular weight excluding hydrogens is 520 g/mol. The van der Waals surface area contributed by atoms with Gasteiger partial charge in [-0.15, -0.1) is 0 Å². The molecule has 0 aliphatic carbocycles. The summed E-state index contributed by atoms with van der Waals surface area (Å²) in [6, 6.07) is 7.06. The van der Waals surface area contributed by atoms with E-state index < -0.39 is 36.1 Å². The predicted octanol–water partition coefficient (Wildman–Crippen LogP) is 6.81. The maximum absolute atomic E-state index is 13.1. The van der Waals surface area contributed by atoms with Crippen LogP contribution in [-0.2, 0) is 5.60 Å². The molecule has 2 aromatic carbocycles. The van der Waals surface area contributed by atoms with Crippen LogP contribution in [0.3, 0.4) is 0 Å². The number of aliphatic hydroxyl groups is 1. The van der Waals surface area contributed by atoms with Crippen molar-refractivity contribution in [3.05, 3.63) is 47.0 Å². The zero-order chi connectivity index (χ0) is 29.3. The molecule has 1 aliphatic heterocycles. The van der Waals surface area contributed by atoms with Gasteiger partial charge in [0.2, 0.25) is 6.79 Å². The second-order valence-electron chi connectivity index (χ2n) is 8.02. The number of alkyl halides is 6. The van der Waals surface area contributed by atoms with Crippen molar-refractivity contribution >= 4 is 12.0 Å². The van der Waals surface area contributed by atoms with Gasteiger partial charge in [-0.05, 0) is 43.2 Å². The number of carbonyl (C=O) groups is 1. The Hall–Kier alpha value is -3.15. The number of nitrogens with zero attached hydrogens (tertiary/aromatic N) is 1. The van der Waals surface area contributed by atoms with Gasteiger partial charge in [0.25, 0.3) is 5.60 Å². The normalized spacial score (nSPS) is 12.6. The Labute approximate surface area is 218 Å². The lowest BCUT2D eigenvalue weighted by atomic mass is 9.90. The van der Waals surface area contributed by atoms with Crippen molar-refractivity contribution in [2.45, 2.75) is 58.5 Å². The SMILES string of the molecule is CC.CCCCN(C)c1ccc(C(O)(C(F)(F)F)C(F)(F)F)c2c1OCO2.COc1ccc(C)c(C=O)c1. The number of halogens is 6. The Kier molecular flexibility index (Phi) is 11.8. The molecule has 3 rings (SSSR count). The minimum absolute atomic E-state index is 0.247. The standard InChI is InChI=1S/C15H17F6NO3.C9H10O2.C2H6/c1-3-4-7-22(2)10-6-5-9(11-12(10)25-8-24-11)13(23,14(16,17)18)15(19,20)21;1-7-3-4-9(11-2)5-8(7)6-10;1-2/h5-6,23H,3-4,7-8H2,1-2H3;3-6H,1-2H3;1-2H3. The van der Waals surface area contributed by atoms with Crippen molar-refractivity contribution in [3.8, 4) is 17.2 Å². The van der Waals surface area contributed by atoms with Gasteiger partial charge in [-0.3, -0.25) is 4.79 Å². The minimum Gasteiger partial charge on any atom is -0.497 e. The molecule has 0 bridgehead atoms. The van der Waals surface area contributed by atoms with Crippen LogP contribution < -0.4 is 19.1 Å². The summed E-state index contributed by atoms with van der Waals surface area (Å²) in [7, 11) is 3.21. The third kappa shape index (κ3) is 7.03. The Balaban J connectivity index is 0.000000463. The van der Waals surface area contributed by atoms with Gasteiger partial charge in [-0.25, -0.2) is 0 Å². The molecule has 0 saturated carbocycles. The maximum Gasteiger partial charge on any atom is 0.430 e. The third-order valence-electron chi connectivity index (χ3n) is 5.58. The molecule has 1 N–H and O–H groups in total. The Morgan fingerprint density at radius 3 is 2.11 bits per heavy atom. The zero-order valence-electron chi connectivity index (χ0n) is 22.1. The first-order chi connectivity index (χ1) is 17.7. The van der Waals surface area contributed by atoms with Crippen LogP contribution in [0.5, 0.6) is 17.2 Å². The molecule has 12 heteroatoms. The molecule has 0 fully saturated rings. The van der Waals surface area contributed by atoms with Crippen molar-refractivity contribution < 1.29 is 50.5 Å². The van der Waals surface area contributed by atoms with Crippen LogP contribution in [0.25, 0.3) is 0 Å². The lowest BCUT2D eigenvalue weighted by Gasteiger charge is -2.33. The van der Waals surface area contributed by atoms with Gasteiger partial charge in [0.15, 0.2) is 11.5 Å². The topological polar surface area (TPSA) is 68.2 Å². The van der Waals surface area contributed by atoms with Crippen LogP contribution in [-0.4, -0.2) is 51.2 Å². The highest BCUT2D eigenvalue weighted by Gasteiger charge is 2.72. The number of aryl methyl sites for hydroxylation is 1. The van der Waals surface area contributed by atoms with E-state index in [1.807, 2.05) is 39.8 Å². The number of anilines is 1. The molecule has 0 unspecified atom stereocenters. The van der Waals surface area contributed by atoms with Gasteiger partial charge in [-0.1, -0.05) is 33.3 Å². The molecule has 38 heavy (non-hydrogen) atoms. The number of hydrogen-bond acceptors (Lipinski definition) is 6. The Morgan fingerprint density at radius 1 is 1.03 bits per heavy atom. The van der Waals surface area contributed by atoms with Gasteiger partial charge >= 0.3 is 12.4 Å². The number of methoxy groups -OCH3 is 1. The quantitative estimate of drug-likeness (QED) is 0.300. The van der Waals surface area contributed by atoms with E-state index in [1.54, 1.807) is 25.1 Å². The average molecular weight is 554 g/mol. The molecular formula is C26H33F6NO5. The summed E-state index contributed by atoms with van der Waals surface area (Å²) in [6.45, 7) is 7.82. The second-order valence-corrected chi connectivity index (χ2v) is 8.02.